The van der Waals surface area contributed by atoms with E-state index in [9.17, 15) is 0 Å². The van der Waals surface area contributed by atoms with E-state index in [-0.39, 0.29) is 0 Å². The van der Waals surface area contributed by atoms with E-state index in [0.717, 1.165) is 24.9 Å². The van der Waals surface area contributed by atoms with E-state index in [1.165, 1.54) is 12.8 Å². The molecular weight excluding hydrogens is 156 g/mol. The summed E-state index contributed by atoms with van der Waals surface area (Å²) in [6.07, 6.45) is 2.43. The number of thiol groups is 1. The van der Waals surface area contributed by atoms with Crippen molar-refractivity contribution in [1.29, 1.82) is 0 Å². The zero-order chi connectivity index (χ0) is 8.32. The molecule has 0 bridgehead atoms. The van der Waals surface area contributed by atoms with E-state index < -0.39 is 0 Å². The highest BCUT2D eigenvalue weighted by Crippen LogP contribution is 2.34. The second-order valence-electron chi connectivity index (χ2n) is 4.03. The summed E-state index contributed by atoms with van der Waals surface area (Å²) in [6.45, 7) is 6.50. The Morgan fingerprint density at radius 1 is 1.36 bits per heavy atom. The summed E-state index contributed by atoms with van der Waals surface area (Å²) in [7, 11) is 0. The lowest BCUT2D eigenvalue weighted by Gasteiger charge is -2.35. The Kier molecular flexibility index (Phi) is 3.26. The average Bonchev–Trinajstić information content (AvgIpc) is 2.06. The fourth-order valence-electron chi connectivity index (χ4n) is 1.61. The van der Waals surface area contributed by atoms with Gasteiger partial charge in [0.05, 0.1) is 0 Å². The van der Waals surface area contributed by atoms with Crippen LogP contribution in [-0.2, 0) is 4.74 Å². The first-order valence-electron chi connectivity index (χ1n) is 4.35. The van der Waals surface area contributed by atoms with Crippen LogP contribution in [-0.4, -0.2) is 19.0 Å². The van der Waals surface area contributed by atoms with Gasteiger partial charge in [-0.25, -0.2) is 0 Å². The van der Waals surface area contributed by atoms with Gasteiger partial charge in [0.1, 0.15) is 0 Å². The molecule has 1 rings (SSSR count). The third-order valence-electron chi connectivity index (χ3n) is 2.73. The monoisotopic (exact) mass is 174 g/mol. The third-order valence-corrected chi connectivity index (χ3v) is 3.55. The van der Waals surface area contributed by atoms with E-state index in [0.29, 0.717) is 5.41 Å². The summed E-state index contributed by atoms with van der Waals surface area (Å²) >= 11 is 4.37. The summed E-state index contributed by atoms with van der Waals surface area (Å²) in [4.78, 5) is 0. The Hall–Kier alpha value is 0.310. The summed E-state index contributed by atoms with van der Waals surface area (Å²) in [6, 6.07) is 0. The van der Waals surface area contributed by atoms with Gasteiger partial charge in [0.25, 0.3) is 0 Å². The van der Waals surface area contributed by atoms with Crippen molar-refractivity contribution in [3.63, 3.8) is 0 Å². The minimum Gasteiger partial charge on any atom is -0.381 e. The van der Waals surface area contributed by atoms with Crippen LogP contribution in [0.15, 0.2) is 0 Å². The van der Waals surface area contributed by atoms with Crippen LogP contribution in [0.4, 0.5) is 0 Å². The lowest BCUT2D eigenvalue weighted by atomic mass is 9.76. The van der Waals surface area contributed by atoms with Gasteiger partial charge in [-0.15, -0.1) is 0 Å². The summed E-state index contributed by atoms with van der Waals surface area (Å²) < 4.78 is 5.31. The maximum absolute atomic E-state index is 5.31. The fourth-order valence-corrected chi connectivity index (χ4v) is 1.87. The molecule has 0 amide bonds. The van der Waals surface area contributed by atoms with E-state index in [1.807, 2.05) is 0 Å². The largest absolute Gasteiger partial charge is 0.381 e. The smallest absolute Gasteiger partial charge is 0.0468 e. The predicted octanol–water partition coefficient (Wildman–Crippen LogP) is 2.37. The predicted molar refractivity (Wildman–Crippen MR) is 51.2 cm³/mol. The van der Waals surface area contributed by atoms with Gasteiger partial charge in [-0.2, -0.15) is 12.6 Å². The molecule has 0 aliphatic carbocycles. The zero-order valence-corrected chi connectivity index (χ0v) is 8.36. The van der Waals surface area contributed by atoms with Crippen LogP contribution >= 0.6 is 12.6 Å². The van der Waals surface area contributed by atoms with E-state index >= 15 is 0 Å². The second-order valence-corrected chi connectivity index (χ2v) is 4.35. The lowest BCUT2D eigenvalue weighted by molar-refractivity contribution is 0.0302. The Morgan fingerprint density at radius 3 is 2.36 bits per heavy atom. The first-order valence-corrected chi connectivity index (χ1v) is 4.98. The van der Waals surface area contributed by atoms with Crippen molar-refractivity contribution in [3.8, 4) is 0 Å². The highest BCUT2D eigenvalue weighted by atomic mass is 32.1. The van der Waals surface area contributed by atoms with E-state index in [1.54, 1.807) is 0 Å². The topological polar surface area (TPSA) is 9.23 Å². The van der Waals surface area contributed by atoms with Crippen molar-refractivity contribution < 1.29 is 4.74 Å². The van der Waals surface area contributed by atoms with Crippen molar-refractivity contribution in [3.05, 3.63) is 0 Å². The van der Waals surface area contributed by atoms with Gasteiger partial charge in [-0.1, -0.05) is 13.8 Å². The molecule has 1 aliphatic heterocycles. The van der Waals surface area contributed by atoms with Crippen LogP contribution in [0.2, 0.25) is 0 Å². The van der Waals surface area contributed by atoms with Crippen molar-refractivity contribution in [1.82, 2.24) is 0 Å². The van der Waals surface area contributed by atoms with Crippen molar-refractivity contribution in [2.45, 2.75) is 26.7 Å². The van der Waals surface area contributed by atoms with Crippen LogP contribution in [0, 0.1) is 11.3 Å². The molecule has 0 radical (unpaired) electrons. The lowest BCUT2D eigenvalue weighted by Crippen LogP contribution is -2.31. The standard InChI is InChI=1S/C9H18OS/c1-9(2,7-11)8-3-5-10-6-4-8/h8,11H,3-7H2,1-2H3. The molecule has 1 saturated heterocycles. The molecule has 1 fully saturated rings. The molecule has 0 N–H and O–H groups in total. The van der Waals surface area contributed by atoms with Gasteiger partial charge in [-0.3, -0.25) is 0 Å². The van der Waals surface area contributed by atoms with Gasteiger partial charge in [0.2, 0.25) is 0 Å². The zero-order valence-electron chi connectivity index (χ0n) is 7.47. The number of hydrogen-bond acceptors (Lipinski definition) is 2. The molecule has 1 nitrogen and oxygen atoms in total. The first kappa shape index (κ1) is 9.40. The fraction of sp³-hybridized carbons (Fsp3) is 1.00. The molecule has 0 unspecified atom stereocenters. The van der Waals surface area contributed by atoms with E-state index in [2.05, 4.69) is 26.5 Å². The van der Waals surface area contributed by atoms with Crippen LogP contribution in [0.5, 0.6) is 0 Å². The summed E-state index contributed by atoms with van der Waals surface area (Å²) in [5.41, 5.74) is 0.396. The molecule has 0 aromatic rings. The molecule has 0 atom stereocenters. The Labute approximate surface area is 74.9 Å². The minimum atomic E-state index is 0.396. The first-order chi connectivity index (χ1) is 5.17. The minimum absolute atomic E-state index is 0.396. The number of rotatable bonds is 2. The molecular formula is C9H18OS. The average molecular weight is 174 g/mol. The highest BCUT2D eigenvalue weighted by Gasteiger charge is 2.29. The number of ether oxygens (including phenoxy) is 1. The van der Waals surface area contributed by atoms with Crippen LogP contribution in [0.1, 0.15) is 26.7 Å². The Balaban J connectivity index is 2.43. The highest BCUT2D eigenvalue weighted by molar-refractivity contribution is 7.80. The number of hydrogen-bond donors (Lipinski definition) is 1. The molecule has 0 aromatic carbocycles. The van der Waals surface area contributed by atoms with Gasteiger partial charge >= 0.3 is 0 Å². The molecule has 0 spiro atoms. The summed E-state index contributed by atoms with van der Waals surface area (Å²) in [5, 5.41) is 0. The van der Waals surface area contributed by atoms with Crippen LogP contribution in [0.3, 0.4) is 0 Å². The molecule has 66 valence electrons. The van der Waals surface area contributed by atoms with Crippen molar-refractivity contribution in [2.75, 3.05) is 19.0 Å². The van der Waals surface area contributed by atoms with Crippen LogP contribution in [0.25, 0.3) is 0 Å². The van der Waals surface area contributed by atoms with Crippen molar-refractivity contribution >= 4 is 12.6 Å². The summed E-state index contributed by atoms with van der Waals surface area (Å²) in [5.74, 6) is 1.80. The third kappa shape index (κ3) is 2.38. The molecule has 1 aliphatic rings. The van der Waals surface area contributed by atoms with Gasteiger partial charge in [0.15, 0.2) is 0 Å². The van der Waals surface area contributed by atoms with Gasteiger partial charge in [0, 0.05) is 13.2 Å². The SMILES string of the molecule is CC(C)(CS)C1CCOCC1. The maximum Gasteiger partial charge on any atom is 0.0468 e. The molecule has 2 heteroatoms. The van der Waals surface area contributed by atoms with E-state index in [4.69, 9.17) is 4.74 Å². The van der Waals surface area contributed by atoms with Gasteiger partial charge < -0.3 is 4.74 Å². The van der Waals surface area contributed by atoms with Crippen molar-refractivity contribution in [2.24, 2.45) is 11.3 Å². The molecule has 11 heavy (non-hydrogen) atoms. The second kappa shape index (κ2) is 3.81. The quantitative estimate of drug-likeness (QED) is 0.632. The normalized spacial score (nSPS) is 22.1. The molecule has 0 aromatic heterocycles. The maximum atomic E-state index is 5.31. The Bertz CT molecular complexity index is 117. The Morgan fingerprint density at radius 2 is 1.91 bits per heavy atom. The van der Waals surface area contributed by atoms with Crippen LogP contribution < -0.4 is 0 Å². The molecule has 1 heterocycles. The van der Waals surface area contributed by atoms with Gasteiger partial charge in [-0.05, 0) is 29.9 Å². The molecule has 0 saturated carbocycles.